The number of aliphatic carboxylic acids is 1. The number of carbonyl (C=O) groups is 3. The lowest BCUT2D eigenvalue weighted by atomic mass is 9.83. The Labute approximate surface area is 327 Å². The SMILES string of the molecule is Cc1c(O[C@H]2CC[C@H](CC(F)(F)C(=O)O)CC2)cccc1-c1ccc(N2CCc3cccc(C(=O)Nc4nc5ccccc5s4)c3C2)nc1C(=O)OC(C)(C)C. The third-order valence-corrected chi connectivity index (χ3v) is 11.3. The first-order chi connectivity index (χ1) is 26.6. The van der Waals surface area contributed by atoms with E-state index in [-0.39, 0.29) is 17.7 Å². The number of para-hydroxylation sites is 1. The average Bonchev–Trinajstić information content (AvgIpc) is 3.57. The first-order valence-corrected chi connectivity index (χ1v) is 19.6. The Bertz CT molecular complexity index is 2260. The van der Waals surface area contributed by atoms with Crippen LogP contribution in [0.25, 0.3) is 21.3 Å². The molecule has 13 heteroatoms. The van der Waals surface area contributed by atoms with E-state index in [1.54, 1.807) is 20.8 Å². The first kappa shape index (κ1) is 38.8. The maximum absolute atomic E-state index is 13.9. The average molecular weight is 783 g/mol. The number of alkyl halides is 2. The van der Waals surface area contributed by atoms with Crippen LogP contribution in [0, 0.1) is 12.8 Å². The standard InChI is InChI=1S/C43H44F2N4O6S/c1-25-29(10-8-13-34(25)54-28-17-15-26(16-18-28)23-43(44,45)40(52)53)30-19-20-36(47-37(30)39(51)55-42(2,3)4)49-22-21-27-9-7-11-31(32(27)24-49)38(50)48-41-46-33-12-5-6-14-35(33)56-41/h5-14,19-20,26,28H,15-18,21-24H2,1-4H3,(H,52,53)(H,46,48,50)/t26-,28-. The van der Waals surface area contributed by atoms with Gasteiger partial charge in [-0.2, -0.15) is 8.78 Å². The van der Waals surface area contributed by atoms with E-state index in [1.807, 2.05) is 79.7 Å². The highest BCUT2D eigenvalue weighted by atomic mass is 32.1. The van der Waals surface area contributed by atoms with Crippen LogP contribution >= 0.6 is 11.3 Å². The van der Waals surface area contributed by atoms with Crippen LogP contribution in [-0.4, -0.2) is 57.1 Å². The molecule has 10 nitrogen and oxygen atoms in total. The summed E-state index contributed by atoms with van der Waals surface area (Å²) in [6.45, 7) is 8.32. The molecule has 0 radical (unpaired) electrons. The maximum atomic E-state index is 13.9. The summed E-state index contributed by atoms with van der Waals surface area (Å²) in [5.41, 5.74) is 4.77. The highest BCUT2D eigenvalue weighted by Crippen LogP contribution is 2.39. The number of hydrogen-bond acceptors (Lipinski definition) is 9. The van der Waals surface area contributed by atoms with Gasteiger partial charge in [0.25, 0.3) is 5.91 Å². The molecule has 3 aromatic carbocycles. The summed E-state index contributed by atoms with van der Waals surface area (Å²) in [6.07, 6.45) is 1.70. The number of rotatable bonds is 10. The molecule has 3 heterocycles. The molecule has 0 saturated heterocycles. The summed E-state index contributed by atoms with van der Waals surface area (Å²) in [6, 6.07) is 22.8. The van der Waals surface area contributed by atoms with Crippen molar-refractivity contribution in [2.24, 2.45) is 5.92 Å². The quantitative estimate of drug-likeness (QED) is 0.133. The Morgan fingerprint density at radius 2 is 1.68 bits per heavy atom. The molecule has 7 rings (SSSR count). The van der Waals surface area contributed by atoms with Crippen molar-refractivity contribution in [3.05, 3.63) is 101 Å². The summed E-state index contributed by atoms with van der Waals surface area (Å²) < 4.78 is 41.0. The first-order valence-electron chi connectivity index (χ1n) is 18.8. The van der Waals surface area contributed by atoms with Crippen molar-refractivity contribution in [1.29, 1.82) is 0 Å². The van der Waals surface area contributed by atoms with Gasteiger partial charge >= 0.3 is 17.9 Å². The normalized spacial score (nSPS) is 17.3. The van der Waals surface area contributed by atoms with Gasteiger partial charge in [0.15, 0.2) is 10.8 Å². The molecule has 2 aromatic heterocycles. The predicted molar refractivity (Wildman–Crippen MR) is 212 cm³/mol. The number of carboxylic acid groups (broad SMARTS) is 1. The molecule has 1 fully saturated rings. The lowest BCUT2D eigenvalue weighted by Gasteiger charge is -2.32. The number of fused-ring (bicyclic) bond motifs is 2. The number of amides is 1. The Hall–Kier alpha value is -5.43. The van der Waals surface area contributed by atoms with Crippen LogP contribution in [0.3, 0.4) is 0 Å². The van der Waals surface area contributed by atoms with Crippen LogP contribution in [0.5, 0.6) is 5.75 Å². The molecule has 2 N–H and O–H groups in total. The van der Waals surface area contributed by atoms with Crippen molar-refractivity contribution < 1.29 is 37.7 Å². The highest BCUT2D eigenvalue weighted by molar-refractivity contribution is 7.22. The van der Waals surface area contributed by atoms with E-state index in [9.17, 15) is 23.2 Å². The van der Waals surface area contributed by atoms with Crippen LogP contribution in [0.2, 0.25) is 0 Å². The Morgan fingerprint density at radius 3 is 2.41 bits per heavy atom. The van der Waals surface area contributed by atoms with E-state index in [2.05, 4.69) is 15.2 Å². The largest absolute Gasteiger partial charge is 0.490 e. The molecule has 1 aliphatic heterocycles. The summed E-state index contributed by atoms with van der Waals surface area (Å²) in [7, 11) is 0. The molecule has 0 unspecified atom stereocenters. The minimum absolute atomic E-state index is 0.144. The number of hydrogen-bond donors (Lipinski definition) is 2. The van der Waals surface area contributed by atoms with Gasteiger partial charge in [-0.15, -0.1) is 0 Å². The van der Waals surface area contributed by atoms with Gasteiger partial charge < -0.3 is 19.5 Å². The zero-order valence-corrected chi connectivity index (χ0v) is 32.6. The molecule has 0 spiro atoms. The van der Waals surface area contributed by atoms with Crippen molar-refractivity contribution in [3.63, 3.8) is 0 Å². The van der Waals surface area contributed by atoms with E-state index in [1.165, 1.54) is 11.3 Å². The van der Waals surface area contributed by atoms with Crippen LogP contribution < -0.4 is 15.0 Å². The Balaban J connectivity index is 1.13. The number of carbonyl (C=O) groups excluding carboxylic acids is 2. The molecule has 1 aliphatic carbocycles. The molecule has 292 valence electrons. The van der Waals surface area contributed by atoms with Gasteiger partial charge in [0, 0.05) is 30.6 Å². The van der Waals surface area contributed by atoms with E-state index >= 15 is 0 Å². The van der Waals surface area contributed by atoms with Crippen LogP contribution in [-0.2, 0) is 22.5 Å². The number of nitrogens with one attached hydrogen (secondary N) is 1. The number of esters is 1. The van der Waals surface area contributed by atoms with Gasteiger partial charge in [-0.25, -0.2) is 19.6 Å². The number of halogens is 2. The Kier molecular flexibility index (Phi) is 10.8. The number of benzene rings is 3. The Morgan fingerprint density at radius 1 is 0.929 bits per heavy atom. The summed E-state index contributed by atoms with van der Waals surface area (Å²) in [5.74, 6) is -5.88. The lowest BCUT2D eigenvalue weighted by Crippen LogP contribution is -2.33. The van der Waals surface area contributed by atoms with Crippen LogP contribution in [0.15, 0.2) is 72.8 Å². The second kappa shape index (κ2) is 15.6. The smallest absolute Gasteiger partial charge is 0.374 e. The van der Waals surface area contributed by atoms with Gasteiger partial charge in [-0.1, -0.05) is 47.7 Å². The molecule has 56 heavy (non-hydrogen) atoms. The molecule has 0 atom stereocenters. The zero-order chi connectivity index (χ0) is 39.8. The lowest BCUT2D eigenvalue weighted by molar-refractivity contribution is -0.167. The van der Waals surface area contributed by atoms with E-state index in [0.29, 0.717) is 73.0 Å². The number of ether oxygens (including phenoxy) is 2. The fourth-order valence-electron chi connectivity index (χ4n) is 7.52. The fourth-order valence-corrected chi connectivity index (χ4v) is 8.38. The monoisotopic (exact) mass is 782 g/mol. The van der Waals surface area contributed by atoms with Crippen molar-refractivity contribution in [3.8, 4) is 16.9 Å². The topological polar surface area (TPSA) is 131 Å². The van der Waals surface area contributed by atoms with Gasteiger partial charge in [0.1, 0.15) is 17.2 Å². The molecule has 1 amide bonds. The minimum Gasteiger partial charge on any atom is -0.490 e. The zero-order valence-electron chi connectivity index (χ0n) is 31.7. The van der Waals surface area contributed by atoms with Gasteiger partial charge in [-0.05, 0) is 124 Å². The van der Waals surface area contributed by atoms with Gasteiger partial charge in [0.05, 0.1) is 16.3 Å². The predicted octanol–water partition coefficient (Wildman–Crippen LogP) is 9.48. The van der Waals surface area contributed by atoms with Gasteiger partial charge in [0.2, 0.25) is 0 Å². The minimum atomic E-state index is -3.74. The fraction of sp³-hybridized carbons (Fsp3) is 0.372. The van der Waals surface area contributed by atoms with Gasteiger partial charge in [-0.3, -0.25) is 10.1 Å². The third kappa shape index (κ3) is 8.52. The third-order valence-electron chi connectivity index (χ3n) is 10.3. The van der Waals surface area contributed by atoms with Crippen molar-refractivity contribution in [2.45, 2.75) is 90.4 Å². The second-order valence-corrected chi connectivity index (χ2v) is 16.6. The van der Waals surface area contributed by atoms with Crippen LogP contribution in [0.4, 0.5) is 19.7 Å². The van der Waals surface area contributed by atoms with E-state index in [4.69, 9.17) is 19.6 Å². The molecule has 0 bridgehead atoms. The number of nitrogens with zero attached hydrogens (tertiary/aromatic N) is 3. The molecular formula is C43H44F2N4O6S. The number of anilines is 2. The number of carboxylic acids is 1. The van der Waals surface area contributed by atoms with E-state index in [0.717, 1.165) is 32.5 Å². The molecule has 1 saturated carbocycles. The van der Waals surface area contributed by atoms with E-state index < -0.39 is 35.8 Å². The summed E-state index contributed by atoms with van der Waals surface area (Å²) in [5, 5.41) is 12.4. The molecule has 2 aliphatic rings. The number of pyridine rings is 1. The second-order valence-electron chi connectivity index (χ2n) is 15.5. The highest BCUT2D eigenvalue weighted by Gasteiger charge is 2.42. The molecule has 5 aromatic rings. The van der Waals surface area contributed by atoms with Crippen molar-refractivity contribution >= 4 is 50.3 Å². The maximum Gasteiger partial charge on any atom is 0.374 e. The summed E-state index contributed by atoms with van der Waals surface area (Å²) >= 11 is 1.42. The van der Waals surface area contributed by atoms with Crippen LogP contribution in [0.1, 0.15) is 90.4 Å². The molecular weight excluding hydrogens is 739 g/mol. The number of thiazole rings is 1. The number of aromatic nitrogens is 2. The van der Waals surface area contributed by atoms with Crippen molar-refractivity contribution in [1.82, 2.24) is 9.97 Å². The summed E-state index contributed by atoms with van der Waals surface area (Å²) in [4.78, 5) is 50.0. The van der Waals surface area contributed by atoms with Crippen molar-refractivity contribution in [2.75, 3.05) is 16.8 Å².